The lowest BCUT2D eigenvalue weighted by Gasteiger charge is -2.23. The number of benzene rings is 2. The average molecular weight is 465 g/mol. The number of rotatable bonds is 8. The largest absolute Gasteiger partial charge is 0.461 e. The van der Waals surface area contributed by atoms with Crippen molar-refractivity contribution in [1.29, 1.82) is 0 Å². The third kappa shape index (κ3) is 5.25. The zero-order valence-electron chi connectivity index (χ0n) is 20.1. The Morgan fingerprint density at radius 3 is 2.18 bits per heavy atom. The summed E-state index contributed by atoms with van der Waals surface area (Å²) in [5.74, 6) is -1.47. The van der Waals surface area contributed by atoms with Gasteiger partial charge in [-0.25, -0.2) is 9.18 Å². The minimum Gasteiger partial charge on any atom is -0.461 e. The van der Waals surface area contributed by atoms with Gasteiger partial charge in [0.1, 0.15) is 11.5 Å². The van der Waals surface area contributed by atoms with E-state index in [2.05, 4.69) is 0 Å². The van der Waals surface area contributed by atoms with Crippen molar-refractivity contribution in [3.63, 3.8) is 0 Å². The van der Waals surface area contributed by atoms with Crippen LogP contribution in [0.1, 0.15) is 60.5 Å². The number of amides is 1. The van der Waals surface area contributed by atoms with Crippen molar-refractivity contribution in [2.24, 2.45) is 7.05 Å². The van der Waals surface area contributed by atoms with Gasteiger partial charge in [0, 0.05) is 30.4 Å². The second kappa shape index (κ2) is 10.5. The van der Waals surface area contributed by atoms with E-state index in [0.717, 1.165) is 5.56 Å². The molecule has 6 nitrogen and oxygen atoms in total. The highest BCUT2D eigenvalue weighted by molar-refractivity contribution is 6.06. The maximum Gasteiger partial charge on any atom is 0.355 e. The molecule has 0 radical (unpaired) electrons. The molecule has 1 heterocycles. The van der Waals surface area contributed by atoms with E-state index in [1.807, 2.05) is 19.1 Å². The van der Waals surface area contributed by atoms with Gasteiger partial charge in [0.2, 0.25) is 0 Å². The van der Waals surface area contributed by atoms with Crippen LogP contribution in [0.15, 0.2) is 48.5 Å². The van der Waals surface area contributed by atoms with E-state index in [0.29, 0.717) is 33.6 Å². The van der Waals surface area contributed by atoms with Gasteiger partial charge < -0.3 is 14.2 Å². The lowest BCUT2D eigenvalue weighted by molar-refractivity contribution is 0.0514. The van der Waals surface area contributed by atoms with Crippen LogP contribution < -0.4 is 0 Å². The van der Waals surface area contributed by atoms with Crippen LogP contribution in [0.5, 0.6) is 0 Å². The molecule has 0 aliphatic rings. The van der Waals surface area contributed by atoms with Crippen LogP contribution in [0.2, 0.25) is 0 Å². The van der Waals surface area contributed by atoms with Gasteiger partial charge in [-0.15, -0.1) is 0 Å². The van der Waals surface area contributed by atoms with Crippen LogP contribution in [0.3, 0.4) is 0 Å². The number of hydrogen-bond donors (Lipinski definition) is 0. The number of esters is 1. The van der Waals surface area contributed by atoms with Gasteiger partial charge in [0.05, 0.1) is 13.2 Å². The monoisotopic (exact) mass is 464 g/mol. The number of aryl methyl sites for hydroxylation is 1. The quantitative estimate of drug-likeness (QED) is 0.355. The Bertz CT molecular complexity index is 1210. The van der Waals surface area contributed by atoms with E-state index in [1.165, 1.54) is 17.0 Å². The summed E-state index contributed by atoms with van der Waals surface area (Å²) >= 11 is 0. The van der Waals surface area contributed by atoms with Crippen LogP contribution in [-0.2, 0) is 18.3 Å². The highest BCUT2D eigenvalue weighted by atomic mass is 19.1. The van der Waals surface area contributed by atoms with Crippen LogP contribution in [0.25, 0.3) is 0 Å². The van der Waals surface area contributed by atoms with Crippen molar-refractivity contribution in [3.8, 4) is 0 Å². The molecule has 34 heavy (non-hydrogen) atoms. The van der Waals surface area contributed by atoms with E-state index in [-0.39, 0.29) is 37.2 Å². The normalized spacial score (nSPS) is 10.8. The number of aromatic nitrogens is 1. The number of halogens is 1. The number of ketones is 1. The first-order chi connectivity index (χ1) is 16.1. The summed E-state index contributed by atoms with van der Waals surface area (Å²) in [5.41, 5.74) is 4.02. The third-order valence-corrected chi connectivity index (χ3v) is 5.89. The molecule has 0 fully saturated rings. The summed E-state index contributed by atoms with van der Waals surface area (Å²) in [6.07, 6.45) is 0. The second-order valence-electron chi connectivity index (χ2n) is 8.29. The van der Waals surface area contributed by atoms with E-state index in [4.69, 9.17) is 4.74 Å². The molecular formula is C27H29FN2O4. The zero-order chi connectivity index (χ0) is 25.0. The topological polar surface area (TPSA) is 68.6 Å². The predicted molar refractivity (Wildman–Crippen MR) is 127 cm³/mol. The van der Waals surface area contributed by atoms with Gasteiger partial charge in [0.15, 0.2) is 5.78 Å². The number of ether oxygens (including phenoxy) is 1. The fourth-order valence-electron chi connectivity index (χ4n) is 4.02. The minimum atomic E-state index is -0.497. The Morgan fingerprint density at radius 1 is 0.971 bits per heavy atom. The van der Waals surface area contributed by atoms with Crippen molar-refractivity contribution in [2.45, 2.75) is 34.2 Å². The smallest absolute Gasteiger partial charge is 0.355 e. The Labute approximate surface area is 199 Å². The average Bonchev–Trinajstić information content (AvgIpc) is 3.03. The summed E-state index contributed by atoms with van der Waals surface area (Å²) in [7, 11) is 1.71. The Balaban J connectivity index is 1.95. The summed E-state index contributed by atoms with van der Waals surface area (Å²) in [6.45, 7) is 7.28. The molecule has 0 N–H and O–H groups in total. The molecule has 0 saturated carbocycles. The molecule has 0 saturated heterocycles. The van der Waals surface area contributed by atoms with Gasteiger partial charge in [-0.3, -0.25) is 9.59 Å². The molecule has 3 rings (SSSR count). The molecule has 0 spiro atoms. The zero-order valence-corrected chi connectivity index (χ0v) is 20.1. The highest BCUT2D eigenvalue weighted by Gasteiger charge is 2.28. The maximum atomic E-state index is 13.5. The first-order valence-electron chi connectivity index (χ1n) is 11.1. The SMILES string of the molecule is CCOC(=O)c1c(C)c(C(=O)CN(Cc2ccc(F)cc2)C(=O)c2ccc(C)cc2)c(C)n1C. The van der Waals surface area contributed by atoms with Crippen LogP contribution in [0.4, 0.5) is 4.39 Å². The summed E-state index contributed by atoms with van der Waals surface area (Å²) in [5, 5.41) is 0. The number of carbonyl (C=O) groups excluding carboxylic acids is 3. The van der Waals surface area contributed by atoms with Gasteiger partial charge in [0.25, 0.3) is 5.91 Å². The fraction of sp³-hybridized carbons (Fsp3) is 0.296. The Hall–Kier alpha value is -3.74. The molecule has 178 valence electrons. The molecule has 1 amide bonds. The summed E-state index contributed by atoms with van der Waals surface area (Å²) in [6, 6.07) is 12.9. The van der Waals surface area contributed by atoms with Crippen LogP contribution >= 0.6 is 0 Å². The van der Waals surface area contributed by atoms with Gasteiger partial charge >= 0.3 is 5.97 Å². The minimum absolute atomic E-state index is 0.133. The fourth-order valence-corrected chi connectivity index (χ4v) is 4.02. The standard InChI is InChI=1S/C27H29FN2O4/c1-6-34-27(33)25-18(3)24(19(4)29(25)5)23(31)16-30(15-20-9-13-22(28)14-10-20)26(32)21-11-7-17(2)8-12-21/h7-14H,6,15-16H2,1-5H3. The van der Waals surface area contributed by atoms with Crippen LogP contribution in [0, 0.1) is 26.6 Å². The van der Waals surface area contributed by atoms with E-state index < -0.39 is 5.97 Å². The lowest BCUT2D eigenvalue weighted by atomic mass is 10.0. The van der Waals surface area contributed by atoms with Crippen molar-refractivity contribution in [1.82, 2.24) is 9.47 Å². The molecule has 7 heteroatoms. The van der Waals surface area contributed by atoms with Gasteiger partial charge in [-0.2, -0.15) is 0 Å². The molecule has 3 aromatic rings. The number of Topliss-reactive ketones (excluding diaryl/α,β-unsaturated/α-hetero) is 1. The summed E-state index contributed by atoms with van der Waals surface area (Å²) < 4.78 is 20.2. The van der Waals surface area contributed by atoms with E-state index in [9.17, 15) is 18.8 Å². The second-order valence-corrected chi connectivity index (χ2v) is 8.29. The molecule has 1 aromatic heterocycles. The molecule has 2 aromatic carbocycles. The Morgan fingerprint density at radius 2 is 1.59 bits per heavy atom. The molecule has 0 aliphatic heterocycles. The van der Waals surface area contributed by atoms with Crippen LogP contribution in [-0.4, -0.2) is 40.3 Å². The third-order valence-electron chi connectivity index (χ3n) is 5.89. The van der Waals surface area contributed by atoms with E-state index >= 15 is 0 Å². The van der Waals surface area contributed by atoms with E-state index in [1.54, 1.807) is 56.7 Å². The van der Waals surface area contributed by atoms with Crippen molar-refractivity contribution in [2.75, 3.05) is 13.2 Å². The molecular weight excluding hydrogens is 435 g/mol. The van der Waals surface area contributed by atoms with Gasteiger partial charge in [-0.1, -0.05) is 29.8 Å². The Kier molecular flexibility index (Phi) is 7.66. The number of carbonyl (C=O) groups is 3. The molecule has 0 unspecified atom stereocenters. The van der Waals surface area contributed by atoms with Crippen molar-refractivity contribution < 1.29 is 23.5 Å². The van der Waals surface area contributed by atoms with Crippen molar-refractivity contribution in [3.05, 3.63) is 93.6 Å². The summed E-state index contributed by atoms with van der Waals surface area (Å²) in [4.78, 5) is 40.7. The van der Waals surface area contributed by atoms with Crippen molar-refractivity contribution >= 4 is 17.7 Å². The lowest BCUT2D eigenvalue weighted by Crippen LogP contribution is -2.35. The number of hydrogen-bond acceptors (Lipinski definition) is 4. The number of nitrogens with zero attached hydrogens (tertiary/aromatic N) is 2. The first kappa shape index (κ1) is 24.9. The molecule has 0 aliphatic carbocycles. The predicted octanol–water partition coefficient (Wildman–Crippen LogP) is 4.79. The molecule has 0 atom stereocenters. The van der Waals surface area contributed by atoms with Gasteiger partial charge in [-0.05, 0) is 63.1 Å². The highest BCUT2D eigenvalue weighted by Crippen LogP contribution is 2.24. The molecule has 0 bridgehead atoms. The first-order valence-corrected chi connectivity index (χ1v) is 11.1. The maximum absolute atomic E-state index is 13.5.